The molecule has 0 radical (unpaired) electrons. The van der Waals surface area contributed by atoms with Crippen molar-refractivity contribution in [2.24, 2.45) is 11.8 Å². The summed E-state index contributed by atoms with van der Waals surface area (Å²) in [5, 5.41) is 10.3. The quantitative estimate of drug-likeness (QED) is 0.807. The van der Waals surface area contributed by atoms with Gasteiger partial charge in [0.15, 0.2) is 0 Å². The van der Waals surface area contributed by atoms with E-state index < -0.39 is 0 Å². The molecule has 1 rings (SSSR count). The van der Waals surface area contributed by atoms with E-state index in [4.69, 9.17) is 5.11 Å². The van der Waals surface area contributed by atoms with Gasteiger partial charge < -0.3 is 5.11 Å². The third-order valence-electron chi connectivity index (χ3n) is 2.31. The van der Waals surface area contributed by atoms with Gasteiger partial charge in [-0.1, -0.05) is 13.8 Å². The average molecular weight is 199 g/mol. The second kappa shape index (κ2) is 4.72. The van der Waals surface area contributed by atoms with Crippen molar-refractivity contribution in [1.82, 2.24) is 4.98 Å². The van der Waals surface area contributed by atoms with Crippen molar-refractivity contribution in [2.75, 3.05) is 6.61 Å². The van der Waals surface area contributed by atoms with Gasteiger partial charge in [-0.2, -0.15) is 0 Å². The molecule has 1 atom stereocenters. The van der Waals surface area contributed by atoms with E-state index in [-0.39, 0.29) is 6.61 Å². The van der Waals surface area contributed by atoms with Crippen molar-refractivity contribution in [3.63, 3.8) is 0 Å². The SMILES string of the molecule is Cc1ncc(CC(CO)C(C)C)s1. The minimum Gasteiger partial charge on any atom is -0.396 e. The van der Waals surface area contributed by atoms with E-state index in [1.807, 2.05) is 13.1 Å². The third-order valence-corrected chi connectivity index (χ3v) is 3.24. The largest absolute Gasteiger partial charge is 0.396 e. The maximum absolute atomic E-state index is 9.15. The van der Waals surface area contributed by atoms with Crippen molar-refractivity contribution in [1.29, 1.82) is 0 Å². The predicted molar refractivity (Wildman–Crippen MR) is 56.0 cm³/mol. The van der Waals surface area contributed by atoms with Gasteiger partial charge in [-0.15, -0.1) is 11.3 Å². The number of hydrogen-bond acceptors (Lipinski definition) is 3. The predicted octanol–water partition coefficient (Wildman–Crippen LogP) is 2.26. The molecule has 2 nitrogen and oxygen atoms in total. The lowest BCUT2D eigenvalue weighted by molar-refractivity contribution is 0.190. The number of aliphatic hydroxyl groups is 1. The molecule has 1 unspecified atom stereocenters. The summed E-state index contributed by atoms with van der Waals surface area (Å²) in [4.78, 5) is 5.48. The van der Waals surface area contributed by atoms with E-state index in [0.29, 0.717) is 11.8 Å². The number of thiazole rings is 1. The first-order valence-electron chi connectivity index (χ1n) is 4.65. The van der Waals surface area contributed by atoms with Crippen LogP contribution in [-0.4, -0.2) is 16.7 Å². The molecule has 0 aliphatic heterocycles. The van der Waals surface area contributed by atoms with Crippen LogP contribution < -0.4 is 0 Å². The smallest absolute Gasteiger partial charge is 0.0896 e. The summed E-state index contributed by atoms with van der Waals surface area (Å²) in [7, 11) is 0. The van der Waals surface area contributed by atoms with Gasteiger partial charge in [0.05, 0.1) is 5.01 Å². The Kier molecular flexibility index (Phi) is 3.88. The van der Waals surface area contributed by atoms with E-state index in [9.17, 15) is 0 Å². The molecule has 1 aromatic heterocycles. The van der Waals surface area contributed by atoms with Crippen molar-refractivity contribution in [3.05, 3.63) is 16.1 Å². The minimum absolute atomic E-state index is 0.272. The van der Waals surface area contributed by atoms with E-state index in [0.717, 1.165) is 11.4 Å². The standard InChI is InChI=1S/C10H17NOS/c1-7(2)9(6-12)4-10-5-11-8(3)13-10/h5,7,9,12H,4,6H2,1-3H3. The van der Waals surface area contributed by atoms with E-state index >= 15 is 0 Å². The van der Waals surface area contributed by atoms with E-state index in [1.165, 1.54) is 4.88 Å². The van der Waals surface area contributed by atoms with Crippen molar-refractivity contribution < 1.29 is 5.11 Å². The lowest BCUT2D eigenvalue weighted by Gasteiger charge is -2.16. The van der Waals surface area contributed by atoms with Crippen LogP contribution >= 0.6 is 11.3 Å². The van der Waals surface area contributed by atoms with Crippen LogP contribution in [0.5, 0.6) is 0 Å². The first-order chi connectivity index (χ1) is 6.13. The van der Waals surface area contributed by atoms with Crippen LogP contribution in [0.3, 0.4) is 0 Å². The van der Waals surface area contributed by atoms with Crippen molar-refractivity contribution >= 4 is 11.3 Å². The summed E-state index contributed by atoms with van der Waals surface area (Å²) >= 11 is 1.73. The molecule has 1 heterocycles. The molecule has 0 aromatic carbocycles. The summed E-state index contributed by atoms with van der Waals surface area (Å²) in [6, 6.07) is 0. The molecule has 1 N–H and O–H groups in total. The van der Waals surface area contributed by atoms with Gasteiger partial charge in [-0.3, -0.25) is 0 Å². The highest BCUT2D eigenvalue weighted by Crippen LogP contribution is 2.20. The normalized spacial score (nSPS) is 13.6. The molecular weight excluding hydrogens is 182 g/mol. The molecular formula is C10H17NOS. The van der Waals surface area contributed by atoms with Crippen LogP contribution in [0.2, 0.25) is 0 Å². The molecule has 0 aliphatic carbocycles. The number of aliphatic hydroxyl groups excluding tert-OH is 1. The molecule has 0 spiro atoms. The Bertz CT molecular complexity index is 257. The van der Waals surface area contributed by atoms with Gasteiger partial charge in [-0.25, -0.2) is 4.98 Å². The summed E-state index contributed by atoms with van der Waals surface area (Å²) in [5.41, 5.74) is 0. The molecule has 0 saturated heterocycles. The number of nitrogens with zero attached hydrogens (tertiary/aromatic N) is 1. The molecule has 0 bridgehead atoms. The molecule has 13 heavy (non-hydrogen) atoms. The topological polar surface area (TPSA) is 33.1 Å². The maximum Gasteiger partial charge on any atom is 0.0896 e. The zero-order chi connectivity index (χ0) is 9.84. The second-order valence-electron chi connectivity index (χ2n) is 3.74. The van der Waals surface area contributed by atoms with Crippen LogP contribution in [-0.2, 0) is 6.42 Å². The van der Waals surface area contributed by atoms with Gasteiger partial charge in [-0.05, 0) is 25.2 Å². The van der Waals surface area contributed by atoms with Crippen LogP contribution in [0.4, 0.5) is 0 Å². The van der Waals surface area contributed by atoms with Crippen molar-refractivity contribution in [2.45, 2.75) is 27.2 Å². The zero-order valence-corrected chi connectivity index (χ0v) is 9.27. The Morgan fingerprint density at radius 1 is 1.54 bits per heavy atom. The zero-order valence-electron chi connectivity index (χ0n) is 8.45. The lowest BCUT2D eigenvalue weighted by atomic mass is 9.93. The first-order valence-corrected chi connectivity index (χ1v) is 5.47. The van der Waals surface area contributed by atoms with Crippen LogP contribution in [0.15, 0.2) is 6.20 Å². The maximum atomic E-state index is 9.15. The second-order valence-corrected chi connectivity index (χ2v) is 5.06. The van der Waals surface area contributed by atoms with E-state index in [1.54, 1.807) is 11.3 Å². The highest BCUT2D eigenvalue weighted by Gasteiger charge is 2.13. The Morgan fingerprint density at radius 3 is 2.62 bits per heavy atom. The monoisotopic (exact) mass is 199 g/mol. The lowest BCUT2D eigenvalue weighted by Crippen LogP contribution is -2.15. The first kappa shape index (κ1) is 10.7. The van der Waals surface area contributed by atoms with Crippen LogP contribution in [0.1, 0.15) is 23.7 Å². The van der Waals surface area contributed by atoms with Gasteiger partial charge >= 0.3 is 0 Å². The van der Waals surface area contributed by atoms with Crippen molar-refractivity contribution in [3.8, 4) is 0 Å². The molecule has 0 amide bonds. The fraction of sp³-hybridized carbons (Fsp3) is 0.700. The van der Waals surface area contributed by atoms with Gasteiger partial charge in [0.25, 0.3) is 0 Å². The fourth-order valence-electron chi connectivity index (χ4n) is 1.27. The summed E-state index contributed by atoms with van der Waals surface area (Å²) in [6.45, 7) is 6.58. The Hall–Kier alpha value is -0.410. The number of hydrogen-bond donors (Lipinski definition) is 1. The highest BCUT2D eigenvalue weighted by atomic mass is 32.1. The Balaban J connectivity index is 2.56. The van der Waals surface area contributed by atoms with Gasteiger partial charge in [0.1, 0.15) is 0 Å². The molecule has 74 valence electrons. The van der Waals surface area contributed by atoms with Gasteiger partial charge in [0.2, 0.25) is 0 Å². The average Bonchev–Trinajstić information content (AvgIpc) is 2.46. The number of aromatic nitrogens is 1. The number of aryl methyl sites for hydroxylation is 1. The summed E-state index contributed by atoms with van der Waals surface area (Å²) < 4.78 is 0. The molecule has 3 heteroatoms. The fourth-order valence-corrected chi connectivity index (χ4v) is 2.16. The third kappa shape index (κ3) is 3.08. The Labute approximate surface area is 83.6 Å². The molecule has 0 saturated carbocycles. The van der Waals surface area contributed by atoms with Crippen LogP contribution in [0.25, 0.3) is 0 Å². The van der Waals surface area contributed by atoms with Gasteiger partial charge in [0, 0.05) is 17.7 Å². The molecule has 1 aromatic rings. The highest BCUT2D eigenvalue weighted by molar-refractivity contribution is 7.11. The van der Waals surface area contributed by atoms with E-state index in [2.05, 4.69) is 18.8 Å². The minimum atomic E-state index is 0.272. The summed E-state index contributed by atoms with van der Waals surface area (Å²) in [5.74, 6) is 0.909. The van der Waals surface area contributed by atoms with Crippen LogP contribution in [0, 0.1) is 18.8 Å². The summed E-state index contributed by atoms with van der Waals surface area (Å²) in [6.07, 6.45) is 2.88. The Morgan fingerprint density at radius 2 is 2.23 bits per heavy atom. The number of rotatable bonds is 4. The molecule has 0 aliphatic rings. The molecule has 0 fully saturated rings.